The van der Waals surface area contributed by atoms with Gasteiger partial charge >= 0.3 is 0 Å². The van der Waals surface area contributed by atoms with Gasteiger partial charge in [-0.15, -0.1) is 0 Å². The number of imidazole rings is 1. The molecule has 3 aromatic rings. The van der Waals surface area contributed by atoms with E-state index in [9.17, 15) is 0 Å². The van der Waals surface area contributed by atoms with Gasteiger partial charge in [-0.2, -0.15) is 4.98 Å². The Bertz CT molecular complexity index is 739. The van der Waals surface area contributed by atoms with E-state index in [1.807, 2.05) is 53.1 Å². The predicted octanol–water partition coefficient (Wildman–Crippen LogP) is 3.23. The molecular weight excluding hydrogens is 365 g/mol. The van der Waals surface area contributed by atoms with Crippen LogP contribution in [0.2, 0.25) is 0 Å². The maximum absolute atomic E-state index is 5.94. The Labute approximate surface area is 130 Å². The summed E-state index contributed by atoms with van der Waals surface area (Å²) in [7, 11) is 0. The van der Waals surface area contributed by atoms with Crippen LogP contribution in [0.1, 0.15) is 5.69 Å². The first-order valence-electron chi connectivity index (χ1n) is 6.37. The van der Waals surface area contributed by atoms with E-state index in [4.69, 9.17) is 10.5 Å². The highest BCUT2D eigenvalue weighted by Gasteiger charge is 2.13. The summed E-state index contributed by atoms with van der Waals surface area (Å²) in [6.45, 7) is 0.561. The highest BCUT2D eigenvalue weighted by atomic mass is 127. The van der Waals surface area contributed by atoms with Crippen LogP contribution >= 0.6 is 22.6 Å². The van der Waals surface area contributed by atoms with E-state index in [1.54, 1.807) is 0 Å². The third-order valence-corrected chi connectivity index (χ3v) is 3.65. The number of pyridine rings is 1. The third-order valence-electron chi connectivity index (χ3n) is 2.98. The minimum absolute atomic E-state index is 0.561. The first-order chi connectivity index (χ1) is 9.78. The number of halogens is 1. The lowest BCUT2D eigenvalue weighted by Crippen LogP contribution is -2.06. The summed E-state index contributed by atoms with van der Waals surface area (Å²) in [4.78, 5) is 4.54. The van der Waals surface area contributed by atoms with Crippen LogP contribution in [0.25, 0.3) is 5.65 Å². The van der Waals surface area contributed by atoms with Gasteiger partial charge in [-0.05, 0) is 59.5 Å². The number of rotatable bonds is 4. The lowest BCUT2D eigenvalue weighted by molar-refractivity contribution is 0.459. The predicted molar refractivity (Wildman–Crippen MR) is 87.2 cm³/mol. The smallest absolute Gasteiger partial charge is 0.241 e. The molecule has 0 bridgehead atoms. The Morgan fingerprint density at radius 2 is 2.10 bits per heavy atom. The molecule has 102 valence electrons. The number of hydrogen-bond donors (Lipinski definition) is 1. The van der Waals surface area contributed by atoms with Gasteiger partial charge in [0.15, 0.2) is 0 Å². The van der Waals surface area contributed by atoms with Gasteiger partial charge in [-0.25, -0.2) is 0 Å². The van der Waals surface area contributed by atoms with E-state index >= 15 is 0 Å². The van der Waals surface area contributed by atoms with Gasteiger partial charge in [0.1, 0.15) is 11.4 Å². The quantitative estimate of drug-likeness (QED) is 0.709. The van der Waals surface area contributed by atoms with Crippen LogP contribution in [0.15, 0.2) is 48.7 Å². The number of benzene rings is 1. The Morgan fingerprint density at radius 1 is 1.20 bits per heavy atom. The number of nitrogens with zero attached hydrogens (tertiary/aromatic N) is 2. The van der Waals surface area contributed by atoms with Gasteiger partial charge in [0.25, 0.3) is 0 Å². The number of fused-ring (bicyclic) bond motifs is 1. The Kier molecular flexibility index (Phi) is 3.88. The van der Waals surface area contributed by atoms with Crippen LogP contribution in [0.4, 0.5) is 0 Å². The van der Waals surface area contributed by atoms with Crippen molar-refractivity contribution in [2.45, 2.75) is 6.42 Å². The van der Waals surface area contributed by atoms with Crippen molar-refractivity contribution in [3.05, 3.63) is 57.9 Å². The van der Waals surface area contributed by atoms with Gasteiger partial charge in [-0.1, -0.05) is 12.1 Å². The maximum Gasteiger partial charge on any atom is 0.241 e. The molecule has 1 aromatic carbocycles. The summed E-state index contributed by atoms with van der Waals surface area (Å²) in [5.74, 6) is 1.42. The zero-order chi connectivity index (χ0) is 13.9. The summed E-state index contributed by atoms with van der Waals surface area (Å²) in [6, 6.07) is 13.8. The van der Waals surface area contributed by atoms with E-state index in [0.29, 0.717) is 12.4 Å². The van der Waals surface area contributed by atoms with E-state index in [1.165, 1.54) is 0 Å². The minimum atomic E-state index is 0.561. The van der Waals surface area contributed by atoms with Gasteiger partial charge in [-0.3, -0.25) is 0 Å². The van der Waals surface area contributed by atoms with Crippen molar-refractivity contribution in [1.82, 2.24) is 9.38 Å². The molecule has 0 spiro atoms. The van der Waals surface area contributed by atoms with E-state index in [0.717, 1.165) is 27.1 Å². The molecule has 20 heavy (non-hydrogen) atoms. The largest absolute Gasteiger partial charge is 0.437 e. The molecule has 0 aliphatic rings. The van der Waals surface area contributed by atoms with Crippen molar-refractivity contribution in [1.29, 1.82) is 0 Å². The van der Waals surface area contributed by atoms with Crippen molar-refractivity contribution >= 4 is 28.2 Å². The first-order valence-corrected chi connectivity index (χ1v) is 7.45. The molecule has 4 nitrogen and oxygen atoms in total. The fourth-order valence-electron chi connectivity index (χ4n) is 2.11. The molecule has 0 fully saturated rings. The number of aromatic nitrogens is 2. The zero-order valence-electron chi connectivity index (χ0n) is 10.8. The highest BCUT2D eigenvalue weighted by molar-refractivity contribution is 14.1. The van der Waals surface area contributed by atoms with Crippen molar-refractivity contribution in [3.8, 4) is 11.6 Å². The molecule has 3 rings (SSSR count). The summed E-state index contributed by atoms with van der Waals surface area (Å²) in [6.07, 6.45) is 2.71. The van der Waals surface area contributed by atoms with Crippen molar-refractivity contribution in [2.75, 3.05) is 6.54 Å². The van der Waals surface area contributed by atoms with Gasteiger partial charge < -0.3 is 14.9 Å². The van der Waals surface area contributed by atoms with E-state index < -0.39 is 0 Å². The normalized spacial score (nSPS) is 10.9. The van der Waals surface area contributed by atoms with Crippen LogP contribution in [-0.2, 0) is 6.42 Å². The Balaban J connectivity index is 2.04. The molecular formula is C15H14IN3O. The van der Waals surface area contributed by atoms with E-state index in [-0.39, 0.29) is 0 Å². The lowest BCUT2D eigenvalue weighted by atomic mass is 10.3. The topological polar surface area (TPSA) is 52.5 Å². The zero-order valence-corrected chi connectivity index (χ0v) is 12.9. The number of nitrogens with two attached hydrogens (primary N) is 1. The molecule has 5 heteroatoms. The van der Waals surface area contributed by atoms with Crippen LogP contribution < -0.4 is 10.5 Å². The monoisotopic (exact) mass is 379 g/mol. The maximum atomic E-state index is 5.94. The molecule has 2 aromatic heterocycles. The van der Waals surface area contributed by atoms with Crippen molar-refractivity contribution in [2.24, 2.45) is 5.73 Å². The average molecular weight is 379 g/mol. The highest BCUT2D eigenvalue weighted by Crippen LogP contribution is 2.27. The van der Waals surface area contributed by atoms with Crippen LogP contribution in [0.5, 0.6) is 11.6 Å². The standard InChI is InChI=1S/C15H14IN3O/c16-11-4-3-5-12(10-11)20-15-13(7-8-17)19-9-2-1-6-14(19)18-15/h1-6,9-10H,7-8,17H2. The Morgan fingerprint density at radius 3 is 2.90 bits per heavy atom. The molecule has 2 heterocycles. The van der Waals surface area contributed by atoms with Crippen LogP contribution in [0, 0.1) is 3.57 Å². The summed E-state index contributed by atoms with van der Waals surface area (Å²) < 4.78 is 9.09. The molecule has 0 amide bonds. The summed E-state index contributed by atoms with van der Waals surface area (Å²) in [5, 5.41) is 0. The van der Waals surface area contributed by atoms with Crippen LogP contribution in [-0.4, -0.2) is 15.9 Å². The second-order valence-electron chi connectivity index (χ2n) is 4.39. The molecule has 0 aliphatic heterocycles. The SMILES string of the molecule is NCCc1c(Oc2cccc(I)c2)nc2ccccn12. The number of hydrogen-bond acceptors (Lipinski definition) is 3. The molecule has 0 atom stereocenters. The fourth-order valence-corrected chi connectivity index (χ4v) is 2.63. The summed E-state index contributed by atoms with van der Waals surface area (Å²) >= 11 is 2.26. The second kappa shape index (κ2) is 5.80. The van der Waals surface area contributed by atoms with E-state index in [2.05, 4.69) is 27.6 Å². The molecule has 0 saturated carbocycles. The lowest BCUT2D eigenvalue weighted by Gasteiger charge is -2.06. The molecule has 0 unspecified atom stereocenters. The summed E-state index contributed by atoms with van der Waals surface area (Å²) in [5.41, 5.74) is 7.57. The van der Waals surface area contributed by atoms with Crippen molar-refractivity contribution in [3.63, 3.8) is 0 Å². The Hall–Kier alpha value is -1.60. The molecule has 0 radical (unpaired) electrons. The average Bonchev–Trinajstić information content (AvgIpc) is 2.77. The molecule has 0 saturated heterocycles. The third kappa shape index (κ3) is 2.64. The fraction of sp³-hybridized carbons (Fsp3) is 0.133. The van der Waals surface area contributed by atoms with Crippen molar-refractivity contribution < 1.29 is 4.74 Å². The van der Waals surface area contributed by atoms with Crippen LogP contribution in [0.3, 0.4) is 0 Å². The van der Waals surface area contributed by atoms with Gasteiger partial charge in [0.2, 0.25) is 5.88 Å². The minimum Gasteiger partial charge on any atom is -0.437 e. The molecule has 2 N–H and O–H groups in total. The van der Waals surface area contributed by atoms with Gasteiger partial charge in [0, 0.05) is 16.2 Å². The molecule has 0 aliphatic carbocycles. The second-order valence-corrected chi connectivity index (χ2v) is 5.64. The number of ether oxygens (including phenoxy) is 1. The van der Waals surface area contributed by atoms with Gasteiger partial charge in [0.05, 0.1) is 5.69 Å². The first kappa shape index (κ1) is 13.4.